The van der Waals surface area contributed by atoms with E-state index >= 15 is 0 Å². The highest BCUT2D eigenvalue weighted by Crippen LogP contribution is 2.29. The Morgan fingerprint density at radius 1 is 1.40 bits per heavy atom. The first-order valence-corrected chi connectivity index (χ1v) is 7.47. The number of nitrogens with zero attached hydrogens (tertiary/aromatic N) is 1. The average Bonchev–Trinajstić information content (AvgIpc) is 2.46. The largest absolute Gasteiger partial charge is 0.489 e. The molecule has 0 bridgehead atoms. The predicted molar refractivity (Wildman–Crippen MR) is 85.2 cm³/mol. The molecule has 1 atom stereocenters. The molecule has 0 fully saturated rings. The number of aromatic nitrogens is 1. The van der Waals surface area contributed by atoms with E-state index in [1.54, 1.807) is 12.4 Å². The summed E-state index contributed by atoms with van der Waals surface area (Å²) < 4.78 is 6.94. The Morgan fingerprint density at radius 2 is 2.20 bits per heavy atom. The molecule has 0 saturated heterocycles. The molecule has 106 valence electrons. The summed E-state index contributed by atoms with van der Waals surface area (Å²) >= 11 is 9.57. The first-order chi connectivity index (χ1) is 9.61. The minimum Gasteiger partial charge on any atom is -0.489 e. The second kappa shape index (κ2) is 7.07. The molecule has 1 N–H and O–H groups in total. The van der Waals surface area contributed by atoms with Crippen molar-refractivity contribution in [2.45, 2.75) is 19.6 Å². The zero-order valence-electron chi connectivity index (χ0n) is 11.4. The van der Waals surface area contributed by atoms with Crippen LogP contribution in [0.15, 0.2) is 41.1 Å². The topological polar surface area (TPSA) is 34.1 Å². The standard InChI is InChI=1S/C15H16BrClN2O/c1-10(18-2)13-7-12(16)3-4-15(13)20-9-11-5-6-19-8-14(11)17/h3-8,10,18H,9H2,1-2H3. The zero-order chi connectivity index (χ0) is 14.5. The number of ether oxygens (including phenoxy) is 1. The van der Waals surface area contributed by atoms with Crippen molar-refractivity contribution in [2.24, 2.45) is 0 Å². The number of hydrogen-bond donors (Lipinski definition) is 1. The van der Waals surface area contributed by atoms with Crippen LogP contribution in [-0.4, -0.2) is 12.0 Å². The lowest BCUT2D eigenvalue weighted by Gasteiger charge is -2.17. The van der Waals surface area contributed by atoms with Crippen LogP contribution < -0.4 is 10.1 Å². The SMILES string of the molecule is CNC(C)c1cc(Br)ccc1OCc1ccncc1Cl. The van der Waals surface area contributed by atoms with Crippen LogP contribution in [0.1, 0.15) is 24.1 Å². The molecule has 1 unspecified atom stereocenters. The van der Waals surface area contributed by atoms with E-state index in [1.165, 1.54) is 0 Å². The highest BCUT2D eigenvalue weighted by atomic mass is 79.9. The Morgan fingerprint density at radius 3 is 2.90 bits per heavy atom. The molecule has 0 radical (unpaired) electrons. The van der Waals surface area contributed by atoms with Crippen molar-refractivity contribution in [1.29, 1.82) is 0 Å². The summed E-state index contributed by atoms with van der Waals surface area (Å²) in [5.41, 5.74) is 2.03. The predicted octanol–water partition coefficient (Wildman–Crippen LogP) is 4.36. The van der Waals surface area contributed by atoms with Gasteiger partial charge in [0.25, 0.3) is 0 Å². The first-order valence-electron chi connectivity index (χ1n) is 6.29. The van der Waals surface area contributed by atoms with Crippen molar-refractivity contribution in [1.82, 2.24) is 10.3 Å². The van der Waals surface area contributed by atoms with Gasteiger partial charge in [0, 0.05) is 34.0 Å². The fraction of sp³-hybridized carbons (Fsp3) is 0.267. The van der Waals surface area contributed by atoms with Gasteiger partial charge in [0.1, 0.15) is 12.4 Å². The third-order valence-corrected chi connectivity index (χ3v) is 3.94. The van der Waals surface area contributed by atoms with Crippen molar-refractivity contribution >= 4 is 27.5 Å². The lowest BCUT2D eigenvalue weighted by atomic mass is 10.1. The van der Waals surface area contributed by atoms with Crippen LogP contribution >= 0.6 is 27.5 Å². The second-order valence-corrected chi connectivity index (χ2v) is 5.77. The van der Waals surface area contributed by atoms with Crippen LogP contribution in [0.5, 0.6) is 5.75 Å². The molecule has 1 heterocycles. The summed E-state index contributed by atoms with van der Waals surface area (Å²) in [6.45, 7) is 2.51. The van der Waals surface area contributed by atoms with Crippen molar-refractivity contribution in [3.8, 4) is 5.75 Å². The van der Waals surface area contributed by atoms with Gasteiger partial charge in [-0.15, -0.1) is 0 Å². The van der Waals surface area contributed by atoms with Gasteiger partial charge in [0.2, 0.25) is 0 Å². The van der Waals surface area contributed by atoms with Crippen molar-refractivity contribution < 1.29 is 4.74 Å². The van der Waals surface area contributed by atoms with Crippen molar-refractivity contribution in [2.75, 3.05) is 7.05 Å². The summed E-state index contributed by atoms with van der Waals surface area (Å²) in [6, 6.07) is 8.06. The summed E-state index contributed by atoms with van der Waals surface area (Å²) in [5, 5.41) is 3.84. The maximum absolute atomic E-state index is 6.08. The zero-order valence-corrected chi connectivity index (χ0v) is 13.7. The molecular formula is C15H16BrClN2O. The number of pyridine rings is 1. The van der Waals surface area contributed by atoms with E-state index in [4.69, 9.17) is 16.3 Å². The molecule has 1 aromatic carbocycles. The monoisotopic (exact) mass is 354 g/mol. The Kier molecular flexibility index (Phi) is 5.40. The Balaban J connectivity index is 2.19. The molecule has 1 aromatic heterocycles. The van der Waals surface area contributed by atoms with E-state index in [2.05, 4.69) is 39.2 Å². The molecule has 3 nitrogen and oxygen atoms in total. The molecule has 20 heavy (non-hydrogen) atoms. The average molecular weight is 356 g/mol. The number of halogens is 2. The first kappa shape index (κ1) is 15.3. The maximum Gasteiger partial charge on any atom is 0.124 e. The number of benzene rings is 1. The molecule has 0 amide bonds. The lowest BCUT2D eigenvalue weighted by molar-refractivity contribution is 0.300. The fourth-order valence-electron chi connectivity index (χ4n) is 1.82. The van der Waals surface area contributed by atoms with E-state index in [-0.39, 0.29) is 6.04 Å². The lowest BCUT2D eigenvalue weighted by Crippen LogP contribution is -2.14. The molecular weight excluding hydrogens is 340 g/mol. The van der Waals surface area contributed by atoms with Gasteiger partial charge >= 0.3 is 0 Å². The van der Waals surface area contributed by atoms with Crippen molar-refractivity contribution in [3.63, 3.8) is 0 Å². The van der Waals surface area contributed by atoms with E-state index in [0.717, 1.165) is 21.3 Å². The van der Waals surface area contributed by atoms with E-state index in [9.17, 15) is 0 Å². The Labute approximate surface area is 132 Å². The van der Waals surface area contributed by atoms with Gasteiger partial charge in [-0.05, 0) is 38.2 Å². The van der Waals surface area contributed by atoms with Gasteiger partial charge in [-0.25, -0.2) is 0 Å². The van der Waals surface area contributed by atoms with Crippen LogP contribution in [0, 0.1) is 0 Å². The summed E-state index contributed by atoms with van der Waals surface area (Å²) in [5.74, 6) is 0.850. The number of hydrogen-bond acceptors (Lipinski definition) is 3. The third kappa shape index (κ3) is 3.72. The quantitative estimate of drug-likeness (QED) is 0.865. The van der Waals surface area contributed by atoms with Gasteiger partial charge < -0.3 is 10.1 Å². The van der Waals surface area contributed by atoms with Gasteiger partial charge in [-0.2, -0.15) is 0 Å². The highest BCUT2D eigenvalue weighted by molar-refractivity contribution is 9.10. The molecule has 0 aliphatic rings. The number of rotatable bonds is 5. The van der Waals surface area contributed by atoms with Crippen molar-refractivity contribution in [3.05, 3.63) is 57.3 Å². The summed E-state index contributed by atoms with van der Waals surface area (Å²) in [6.07, 6.45) is 3.34. The Hall–Kier alpha value is -1.10. The van der Waals surface area contributed by atoms with E-state index in [0.29, 0.717) is 11.6 Å². The van der Waals surface area contributed by atoms with Crippen LogP contribution in [0.2, 0.25) is 5.02 Å². The van der Waals surface area contributed by atoms with Gasteiger partial charge in [-0.3, -0.25) is 4.98 Å². The normalized spacial score (nSPS) is 12.2. The molecule has 0 spiro atoms. The van der Waals surface area contributed by atoms with Crippen LogP contribution in [-0.2, 0) is 6.61 Å². The van der Waals surface area contributed by atoms with E-state index < -0.39 is 0 Å². The maximum atomic E-state index is 6.08. The van der Waals surface area contributed by atoms with Gasteiger partial charge in [0.15, 0.2) is 0 Å². The number of nitrogens with one attached hydrogen (secondary N) is 1. The minimum atomic E-state index is 0.204. The molecule has 0 aliphatic heterocycles. The van der Waals surface area contributed by atoms with Crippen LogP contribution in [0.3, 0.4) is 0 Å². The fourth-order valence-corrected chi connectivity index (χ4v) is 2.37. The summed E-state index contributed by atoms with van der Waals surface area (Å²) in [4.78, 5) is 3.97. The Bertz CT molecular complexity index is 592. The second-order valence-electron chi connectivity index (χ2n) is 4.45. The molecule has 0 aliphatic carbocycles. The van der Waals surface area contributed by atoms with Crippen LogP contribution in [0.4, 0.5) is 0 Å². The van der Waals surface area contributed by atoms with Gasteiger partial charge in [-0.1, -0.05) is 27.5 Å². The van der Waals surface area contributed by atoms with E-state index in [1.807, 2.05) is 25.2 Å². The molecule has 5 heteroatoms. The minimum absolute atomic E-state index is 0.204. The molecule has 2 aromatic rings. The van der Waals surface area contributed by atoms with Gasteiger partial charge in [0.05, 0.1) is 5.02 Å². The highest BCUT2D eigenvalue weighted by Gasteiger charge is 2.11. The summed E-state index contributed by atoms with van der Waals surface area (Å²) in [7, 11) is 1.93. The molecule has 0 saturated carbocycles. The molecule has 2 rings (SSSR count). The smallest absolute Gasteiger partial charge is 0.124 e. The third-order valence-electron chi connectivity index (χ3n) is 3.11. The van der Waals surface area contributed by atoms with Crippen LogP contribution in [0.25, 0.3) is 0 Å².